The smallest absolute Gasteiger partial charge is 0.313 e. The van der Waals surface area contributed by atoms with Gasteiger partial charge in [-0.25, -0.2) is 0 Å². The van der Waals surface area contributed by atoms with E-state index in [2.05, 4.69) is 24.5 Å². The van der Waals surface area contributed by atoms with Crippen LogP contribution in [-0.2, 0) is 16.0 Å². The van der Waals surface area contributed by atoms with Crippen LogP contribution in [0.15, 0.2) is 24.3 Å². The summed E-state index contributed by atoms with van der Waals surface area (Å²) in [6, 6.07) is 8.16. The maximum Gasteiger partial charge on any atom is 0.313 e. The first-order valence-electron chi connectivity index (χ1n) is 9.16. The largest absolute Gasteiger partial charge is 0.342 e. The number of hydrogen-bond acceptors (Lipinski definition) is 2. The Balaban J connectivity index is 1.77. The average Bonchev–Trinajstić information content (AvgIpc) is 3.06. The van der Waals surface area contributed by atoms with Gasteiger partial charge in [0.2, 0.25) is 0 Å². The highest BCUT2D eigenvalue weighted by atomic mass is 16.2. The molecular weight excluding hydrogens is 302 g/mol. The summed E-state index contributed by atoms with van der Waals surface area (Å²) in [7, 11) is 0. The molecule has 0 bridgehead atoms. The number of amides is 2. The molecule has 0 spiro atoms. The van der Waals surface area contributed by atoms with Crippen molar-refractivity contribution in [3.8, 4) is 0 Å². The fraction of sp³-hybridized carbons (Fsp3) is 0.579. The zero-order valence-electron chi connectivity index (χ0n) is 14.9. The van der Waals surface area contributed by atoms with Crippen LogP contribution in [0.1, 0.15) is 45.1 Å². The quantitative estimate of drug-likeness (QED) is 0.656. The summed E-state index contributed by atoms with van der Waals surface area (Å²) in [4.78, 5) is 25.5. The highest BCUT2D eigenvalue weighted by molar-refractivity contribution is 6.39. The normalized spacial score (nSPS) is 19.9. The highest BCUT2D eigenvalue weighted by Crippen LogP contribution is 2.11. The van der Waals surface area contributed by atoms with E-state index in [1.54, 1.807) is 0 Å². The zero-order valence-corrected chi connectivity index (χ0v) is 14.9. The maximum atomic E-state index is 12.0. The maximum absolute atomic E-state index is 12.0. The van der Waals surface area contributed by atoms with E-state index in [4.69, 9.17) is 0 Å². The van der Waals surface area contributed by atoms with E-state index < -0.39 is 11.8 Å². The second kappa shape index (κ2) is 9.42. The van der Waals surface area contributed by atoms with Crippen LogP contribution in [0.25, 0.3) is 0 Å². The minimum absolute atomic E-state index is 0.435. The van der Waals surface area contributed by atoms with Crippen molar-refractivity contribution in [2.24, 2.45) is 0 Å². The predicted molar refractivity (Wildman–Crippen MR) is 96.1 cm³/mol. The second-order valence-corrected chi connectivity index (χ2v) is 6.57. The Bertz CT molecular complexity index is 542. The van der Waals surface area contributed by atoms with Gasteiger partial charge in [0.25, 0.3) is 0 Å². The van der Waals surface area contributed by atoms with Crippen LogP contribution >= 0.6 is 0 Å². The molecule has 1 aliphatic heterocycles. The molecule has 1 aliphatic rings. The van der Waals surface area contributed by atoms with Crippen molar-refractivity contribution in [2.45, 2.75) is 52.0 Å². The number of unbranched alkanes of at least 4 members (excludes halogenated alkanes) is 1. The number of anilines is 1. The van der Waals surface area contributed by atoms with Crippen molar-refractivity contribution in [1.82, 2.24) is 5.32 Å². The first kappa shape index (κ1) is 18.5. The lowest BCUT2D eigenvalue weighted by atomic mass is 10.1. The number of carbonyl (C=O) groups excluding carboxylic acids is 2. The van der Waals surface area contributed by atoms with Crippen LogP contribution in [0.4, 0.5) is 5.69 Å². The molecule has 1 heterocycles. The molecule has 2 rings (SSSR count). The minimum Gasteiger partial charge on any atom is -0.342 e. The minimum atomic E-state index is -0.590. The number of aryl methyl sites for hydroxylation is 1. The number of quaternary nitrogens is 1. The van der Waals surface area contributed by atoms with Gasteiger partial charge >= 0.3 is 11.8 Å². The van der Waals surface area contributed by atoms with E-state index in [9.17, 15) is 9.59 Å². The molecule has 1 aromatic carbocycles. The van der Waals surface area contributed by atoms with Gasteiger partial charge in [-0.3, -0.25) is 9.59 Å². The van der Waals surface area contributed by atoms with Crippen molar-refractivity contribution in [3.05, 3.63) is 29.8 Å². The molecule has 5 nitrogen and oxygen atoms in total. The van der Waals surface area contributed by atoms with Crippen LogP contribution in [0.2, 0.25) is 0 Å². The van der Waals surface area contributed by atoms with E-state index in [1.165, 1.54) is 16.9 Å². The summed E-state index contributed by atoms with van der Waals surface area (Å²) < 4.78 is 0. The van der Waals surface area contributed by atoms with Gasteiger partial charge in [-0.2, -0.15) is 0 Å². The Hall–Kier alpha value is -1.88. The Kier molecular flexibility index (Phi) is 7.25. The molecular formula is C19H30N3O2+. The first-order valence-corrected chi connectivity index (χ1v) is 9.16. The summed E-state index contributed by atoms with van der Waals surface area (Å²) >= 11 is 0. The molecule has 0 saturated carbocycles. The van der Waals surface area contributed by atoms with Gasteiger partial charge in [-0.15, -0.1) is 0 Å². The fourth-order valence-electron chi connectivity index (χ4n) is 3.32. The Morgan fingerprint density at radius 3 is 2.58 bits per heavy atom. The van der Waals surface area contributed by atoms with Crippen LogP contribution < -0.4 is 15.5 Å². The topological polar surface area (TPSA) is 62.6 Å². The number of likely N-dealkylation sites (tertiary alicyclic amines) is 1. The molecule has 2 amide bonds. The summed E-state index contributed by atoms with van der Waals surface area (Å²) in [6.07, 6.45) is 5.68. The lowest BCUT2D eigenvalue weighted by molar-refractivity contribution is -0.909. The van der Waals surface area contributed by atoms with Crippen molar-refractivity contribution in [3.63, 3.8) is 0 Å². The number of carbonyl (C=O) groups is 2. The lowest BCUT2D eigenvalue weighted by Gasteiger charge is -2.19. The summed E-state index contributed by atoms with van der Waals surface area (Å²) in [5.74, 6) is -1.14. The van der Waals surface area contributed by atoms with Gasteiger partial charge in [0.1, 0.15) is 6.04 Å². The number of nitrogens with one attached hydrogen (secondary N) is 3. The van der Waals surface area contributed by atoms with Crippen LogP contribution in [0.3, 0.4) is 0 Å². The second-order valence-electron chi connectivity index (χ2n) is 6.57. The van der Waals surface area contributed by atoms with Crippen LogP contribution in [0, 0.1) is 0 Å². The third kappa shape index (κ3) is 5.34. The van der Waals surface area contributed by atoms with Crippen molar-refractivity contribution >= 4 is 17.5 Å². The van der Waals surface area contributed by atoms with Crippen molar-refractivity contribution in [2.75, 3.05) is 25.0 Å². The van der Waals surface area contributed by atoms with E-state index in [0.717, 1.165) is 38.8 Å². The van der Waals surface area contributed by atoms with Crippen LogP contribution in [-0.4, -0.2) is 37.5 Å². The van der Waals surface area contributed by atoms with Gasteiger partial charge in [-0.05, 0) is 37.5 Å². The first-order chi connectivity index (χ1) is 11.6. The van der Waals surface area contributed by atoms with E-state index in [0.29, 0.717) is 18.3 Å². The van der Waals surface area contributed by atoms with Crippen molar-refractivity contribution < 1.29 is 14.5 Å². The predicted octanol–water partition coefficient (Wildman–Crippen LogP) is 1.15. The third-order valence-electron chi connectivity index (χ3n) is 4.83. The zero-order chi connectivity index (χ0) is 17.4. The Labute approximate surface area is 144 Å². The molecule has 0 aliphatic carbocycles. The molecule has 0 aromatic heterocycles. The highest BCUT2D eigenvalue weighted by Gasteiger charge is 2.27. The number of hydrogen-bond donors (Lipinski definition) is 3. The molecule has 1 fully saturated rings. The van der Waals surface area contributed by atoms with Gasteiger partial charge < -0.3 is 15.5 Å². The number of rotatable bonds is 7. The van der Waals surface area contributed by atoms with E-state index >= 15 is 0 Å². The van der Waals surface area contributed by atoms with Crippen molar-refractivity contribution in [1.29, 1.82) is 0 Å². The fourth-order valence-corrected chi connectivity index (χ4v) is 3.32. The summed E-state index contributed by atoms with van der Waals surface area (Å²) in [5, 5.41) is 5.44. The molecule has 1 unspecified atom stereocenters. The monoisotopic (exact) mass is 332 g/mol. The average molecular weight is 332 g/mol. The molecule has 0 radical (unpaired) electrons. The number of likely N-dealkylation sites (N-methyl/N-ethyl adjacent to an activating group) is 1. The van der Waals surface area contributed by atoms with Gasteiger partial charge in [0.05, 0.1) is 19.6 Å². The summed E-state index contributed by atoms with van der Waals surface area (Å²) in [6.45, 7) is 7.13. The SMILES string of the molecule is CCCCc1ccc(NC(=O)C(=O)NC[C@H]2CCC[NH+]2CC)cc1. The van der Waals surface area contributed by atoms with E-state index in [-0.39, 0.29) is 0 Å². The lowest BCUT2D eigenvalue weighted by Crippen LogP contribution is -3.14. The molecule has 2 atom stereocenters. The van der Waals surface area contributed by atoms with Gasteiger partial charge in [0.15, 0.2) is 0 Å². The van der Waals surface area contributed by atoms with Gasteiger partial charge in [0, 0.05) is 18.5 Å². The Morgan fingerprint density at radius 2 is 1.92 bits per heavy atom. The van der Waals surface area contributed by atoms with E-state index in [1.807, 2.05) is 24.3 Å². The summed E-state index contributed by atoms with van der Waals surface area (Å²) in [5.41, 5.74) is 1.92. The molecule has 1 aromatic rings. The molecule has 132 valence electrons. The number of benzene rings is 1. The molecule has 5 heteroatoms. The van der Waals surface area contributed by atoms with Crippen LogP contribution in [0.5, 0.6) is 0 Å². The third-order valence-corrected chi connectivity index (χ3v) is 4.83. The molecule has 1 saturated heterocycles. The standard InChI is InChI=1S/C19H29N3O2/c1-3-5-7-15-9-11-16(12-10-15)21-19(24)18(23)20-14-17-8-6-13-22(17)4-2/h9-12,17H,3-8,13-14H2,1-2H3,(H,20,23)(H,21,24)/p+1/t17-/m1/s1. The Morgan fingerprint density at radius 1 is 1.17 bits per heavy atom. The molecule has 3 N–H and O–H groups in total. The van der Waals surface area contributed by atoms with Gasteiger partial charge in [-0.1, -0.05) is 25.5 Å². The molecule has 24 heavy (non-hydrogen) atoms.